The summed E-state index contributed by atoms with van der Waals surface area (Å²) in [6.45, 7) is 15.2. The monoisotopic (exact) mass is 530 g/mol. The fraction of sp³-hybridized carbons (Fsp3) is 0.800. The summed E-state index contributed by atoms with van der Waals surface area (Å²) in [6.07, 6.45) is 21.9. The zero-order valence-electron chi connectivity index (χ0n) is 26.3. The van der Waals surface area contributed by atoms with E-state index in [1.165, 1.54) is 95.5 Å². The molecule has 1 aromatic carbocycles. The van der Waals surface area contributed by atoms with Gasteiger partial charge in [-0.3, -0.25) is 4.79 Å². The Hall–Kier alpha value is -1.51. The van der Waals surface area contributed by atoms with E-state index in [1.807, 2.05) is 0 Å². The summed E-state index contributed by atoms with van der Waals surface area (Å²) in [7, 11) is 0. The largest absolute Gasteiger partial charge is 0.507 e. The maximum atomic E-state index is 11.2. The molecule has 3 heteroatoms. The molecular formula is C35H62O3. The van der Waals surface area contributed by atoms with E-state index < -0.39 is 5.97 Å². The maximum absolute atomic E-state index is 11.2. The second-order valence-corrected chi connectivity index (χ2v) is 13.8. The Morgan fingerprint density at radius 2 is 1.03 bits per heavy atom. The number of phenols is 1. The molecule has 0 bridgehead atoms. The van der Waals surface area contributed by atoms with Crippen LogP contribution in [0.25, 0.3) is 0 Å². The Bertz CT molecular complexity index is 746. The number of unbranched alkanes of at least 4 members (excludes halogenated alkanes) is 13. The first kappa shape index (κ1) is 34.5. The summed E-state index contributed by atoms with van der Waals surface area (Å²) in [5.74, 6) is 0.0562. The van der Waals surface area contributed by atoms with Gasteiger partial charge in [-0.15, -0.1) is 0 Å². The van der Waals surface area contributed by atoms with E-state index in [4.69, 9.17) is 0 Å². The van der Waals surface area contributed by atoms with Gasteiger partial charge in [-0.25, -0.2) is 0 Å². The van der Waals surface area contributed by atoms with Gasteiger partial charge in [0.15, 0.2) is 0 Å². The summed E-state index contributed by atoms with van der Waals surface area (Å²) in [5.41, 5.74) is 2.98. The molecule has 2 N–H and O–H groups in total. The molecule has 0 saturated carbocycles. The first-order valence-corrected chi connectivity index (χ1v) is 16.0. The third kappa shape index (κ3) is 14.0. The lowest BCUT2D eigenvalue weighted by Gasteiger charge is -2.30. The molecule has 38 heavy (non-hydrogen) atoms. The highest BCUT2D eigenvalue weighted by Gasteiger charge is 2.28. The van der Waals surface area contributed by atoms with Crippen LogP contribution in [-0.2, 0) is 15.6 Å². The van der Waals surface area contributed by atoms with Crippen LogP contribution in [0.5, 0.6) is 5.75 Å². The van der Waals surface area contributed by atoms with E-state index in [0.717, 1.165) is 24.0 Å². The molecule has 0 spiro atoms. The zero-order valence-corrected chi connectivity index (χ0v) is 26.3. The van der Waals surface area contributed by atoms with E-state index >= 15 is 0 Å². The number of benzene rings is 1. The van der Waals surface area contributed by atoms with E-state index in [-0.39, 0.29) is 17.3 Å². The SMILES string of the molecule is CCCCCCCCCCCCCCCCC(CCCC(=O)O)c1cc(C(C)(C)C)c(O)c(C(C)(C)C)c1. The van der Waals surface area contributed by atoms with Crippen molar-refractivity contribution >= 4 is 5.97 Å². The molecule has 220 valence electrons. The van der Waals surface area contributed by atoms with Gasteiger partial charge in [-0.1, -0.05) is 150 Å². The van der Waals surface area contributed by atoms with Crippen LogP contribution in [0.15, 0.2) is 12.1 Å². The Balaban J connectivity index is 2.63. The smallest absolute Gasteiger partial charge is 0.303 e. The molecule has 0 saturated heterocycles. The van der Waals surface area contributed by atoms with Crippen LogP contribution >= 0.6 is 0 Å². The third-order valence-electron chi connectivity index (χ3n) is 8.07. The average molecular weight is 531 g/mol. The van der Waals surface area contributed by atoms with Crippen LogP contribution in [0.4, 0.5) is 0 Å². The highest BCUT2D eigenvalue weighted by atomic mass is 16.4. The number of hydrogen-bond acceptors (Lipinski definition) is 2. The molecule has 1 rings (SSSR count). The van der Waals surface area contributed by atoms with Crippen molar-refractivity contribution in [1.29, 1.82) is 0 Å². The van der Waals surface area contributed by atoms with Crippen molar-refractivity contribution in [3.05, 3.63) is 28.8 Å². The molecule has 0 heterocycles. The summed E-state index contributed by atoms with van der Waals surface area (Å²) >= 11 is 0. The van der Waals surface area contributed by atoms with Gasteiger partial charge in [0.25, 0.3) is 0 Å². The molecule has 0 aromatic heterocycles. The minimum Gasteiger partial charge on any atom is -0.507 e. The molecular weight excluding hydrogens is 468 g/mol. The molecule has 1 atom stereocenters. The van der Waals surface area contributed by atoms with Gasteiger partial charge in [0, 0.05) is 6.42 Å². The molecule has 0 aliphatic rings. The first-order chi connectivity index (χ1) is 17.9. The number of aliphatic carboxylic acids is 1. The van der Waals surface area contributed by atoms with Crippen molar-refractivity contribution in [3.8, 4) is 5.75 Å². The minimum absolute atomic E-state index is 0.152. The minimum atomic E-state index is -0.711. The van der Waals surface area contributed by atoms with Crippen LogP contribution in [0, 0.1) is 0 Å². The summed E-state index contributed by atoms with van der Waals surface area (Å²) < 4.78 is 0. The van der Waals surface area contributed by atoms with Gasteiger partial charge in [-0.2, -0.15) is 0 Å². The van der Waals surface area contributed by atoms with Crippen molar-refractivity contribution in [2.45, 2.75) is 181 Å². The molecule has 0 radical (unpaired) electrons. The topological polar surface area (TPSA) is 57.5 Å². The van der Waals surface area contributed by atoms with Gasteiger partial charge in [0.1, 0.15) is 5.75 Å². The molecule has 0 aliphatic carbocycles. The van der Waals surface area contributed by atoms with Gasteiger partial charge < -0.3 is 10.2 Å². The number of carboxylic acids is 1. The zero-order chi connectivity index (χ0) is 28.6. The summed E-state index contributed by atoms with van der Waals surface area (Å²) in [4.78, 5) is 11.2. The average Bonchev–Trinajstić information content (AvgIpc) is 2.81. The van der Waals surface area contributed by atoms with Crippen molar-refractivity contribution in [3.63, 3.8) is 0 Å². The number of hydrogen-bond donors (Lipinski definition) is 2. The van der Waals surface area contributed by atoms with Gasteiger partial charge in [0.2, 0.25) is 0 Å². The van der Waals surface area contributed by atoms with Gasteiger partial charge in [-0.05, 0) is 52.7 Å². The predicted molar refractivity (Wildman–Crippen MR) is 165 cm³/mol. The van der Waals surface area contributed by atoms with Crippen molar-refractivity contribution in [1.82, 2.24) is 0 Å². The second-order valence-electron chi connectivity index (χ2n) is 13.8. The lowest BCUT2D eigenvalue weighted by Crippen LogP contribution is -2.18. The molecule has 1 unspecified atom stereocenters. The molecule has 0 fully saturated rings. The molecule has 0 aliphatic heterocycles. The molecule has 3 nitrogen and oxygen atoms in total. The number of aromatic hydroxyl groups is 1. The van der Waals surface area contributed by atoms with Crippen LogP contribution in [0.2, 0.25) is 0 Å². The van der Waals surface area contributed by atoms with Crippen molar-refractivity contribution < 1.29 is 15.0 Å². The quantitative estimate of drug-likeness (QED) is 0.165. The van der Waals surface area contributed by atoms with Gasteiger partial charge >= 0.3 is 5.97 Å². The Kier molecular flexibility index (Phi) is 16.3. The second kappa shape index (κ2) is 18.0. The van der Waals surface area contributed by atoms with E-state index in [1.54, 1.807) is 0 Å². The molecule has 0 amide bonds. The Morgan fingerprint density at radius 3 is 1.39 bits per heavy atom. The fourth-order valence-corrected chi connectivity index (χ4v) is 5.60. The normalized spacial score (nSPS) is 13.1. The number of phenolic OH excluding ortho intramolecular Hbond substituents is 1. The third-order valence-corrected chi connectivity index (χ3v) is 8.07. The highest BCUT2D eigenvalue weighted by Crippen LogP contribution is 2.42. The van der Waals surface area contributed by atoms with Crippen LogP contribution in [-0.4, -0.2) is 16.2 Å². The van der Waals surface area contributed by atoms with Crippen LogP contribution < -0.4 is 0 Å². The van der Waals surface area contributed by atoms with E-state index in [2.05, 4.69) is 60.6 Å². The number of rotatable bonds is 20. The van der Waals surface area contributed by atoms with Gasteiger partial charge in [0.05, 0.1) is 0 Å². The fourth-order valence-electron chi connectivity index (χ4n) is 5.60. The van der Waals surface area contributed by atoms with Crippen LogP contribution in [0.1, 0.15) is 187 Å². The summed E-state index contributed by atoms with van der Waals surface area (Å²) in [5, 5.41) is 20.4. The first-order valence-electron chi connectivity index (χ1n) is 16.0. The van der Waals surface area contributed by atoms with Crippen LogP contribution in [0.3, 0.4) is 0 Å². The Morgan fingerprint density at radius 1 is 0.658 bits per heavy atom. The van der Waals surface area contributed by atoms with Crippen molar-refractivity contribution in [2.75, 3.05) is 0 Å². The number of carbonyl (C=O) groups is 1. The lowest BCUT2D eigenvalue weighted by atomic mass is 9.76. The lowest BCUT2D eigenvalue weighted by molar-refractivity contribution is -0.137. The summed E-state index contributed by atoms with van der Waals surface area (Å²) in [6, 6.07) is 4.42. The Labute approximate surface area is 236 Å². The maximum Gasteiger partial charge on any atom is 0.303 e. The number of carboxylic acid groups (broad SMARTS) is 1. The predicted octanol–water partition coefficient (Wildman–Crippen LogP) is 11.2. The van der Waals surface area contributed by atoms with E-state index in [0.29, 0.717) is 18.1 Å². The van der Waals surface area contributed by atoms with E-state index in [9.17, 15) is 15.0 Å². The standard InChI is InChI=1S/C35H62O3/c1-8-9-10-11-12-13-14-15-16-17-18-19-20-21-23-28(24-22-25-32(36)37)29-26-30(34(2,3)4)33(38)31(27-29)35(5,6)7/h26-28,38H,8-25H2,1-7H3,(H,36,37). The van der Waals surface area contributed by atoms with Crippen molar-refractivity contribution in [2.24, 2.45) is 0 Å². The highest BCUT2D eigenvalue weighted by molar-refractivity contribution is 5.66. The molecule has 1 aromatic rings.